The number of nitrogens with zero attached hydrogens (tertiary/aromatic N) is 3. The lowest BCUT2D eigenvalue weighted by atomic mass is 10.1. The molecule has 1 saturated carbocycles. The van der Waals surface area contributed by atoms with Gasteiger partial charge in [0.2, 0.25) is 5.88 Å². The molecule has 2 aromatic rings. The molecular formula is C18H22N6O3. The Bertz CT molecular complexity index is 887. The fraction of sp³-hybridized carbons (Fsp3) is 0.444. The van der Waals surface area contributed by atoms with Gasteiger partial charge in [-0.2, -0.15) is 5.10 Å². The lowest BCUT2D eigenvalue weighted by Gasteiger charge is -2.22. The van der Waals surface area contributed by atoms with Crippen LogP contribution in [0.4, 0.5) is 5.82 Å². The normalized spacial score (nSPS) is 16.6. The third-order valence-electron chi connectivity index (χ3n) is 5.19. The molecule has 27 heavy (non-hydrogen) atoms. The number of methoxy groups -OCH3 is 1. The number of nitrogen functional groups attached to an aromatic ring is 1. The summed E-state index contributed by atoms with van der Waals surface area (Å²) in [6.45, 7) is 0.702. The molecule has 0 radical (unpaired) electrons. The zero-order chi connectivity index (χ0) is 19.0. The number of amides is 2. The maximum atomic E-state index is 12.8. The SMILES string of the molecule is COc1nc2c(cc1CNC(=O)c1cc(N)n[nH]1)C(=O)N(C1CCCC1)C2. The monoisotopic (exact) mass is 370 g/mol. The number of ether oxygens (including phenoxy) is 1. The fourth-order valence-corrected chi connectivity index (χ4v) is 3.81. The van der Waals surface area contributed by atoms with Crippen molar-refractivity contribution < 1.29 is 14.3 Å². The Morgan fingerprint density at radius 1 is 1.41 bits per heavy atom. The summed E-state index contributed by atoms with van der Waals surface area (Å²) in [6, 6.07) is 3.53. The number of pyridine rings is 1. The van der Waals surface area contributed by atoms with Crippen LogP contribution >= 0.6 is 0 Å². The van der Waals surface area contributed by atoms with Crippen molar-refractivity contribution in [3.8, 4) is 5.88 Å². The maximum Gasteiger partial charge on any atom is 0.269 e. The number of anilines is 1. The van der Waals surface area contributed by atoms with E-state index < -0.39 is 0 Å². The van der Waals surface area contributed by atoms with Crippen LogP contribution in [0.3, 0.4) is 0 Å². The Hall–Kier alpha value is -3.10. The summed E-state index contributed by atoms with van der Waals surface area (Å²) in [6.07, 6.45) is 4.42. The Morgan fingerprint density at radius 3 is 2.85 bits per heavy atom. The number of carbonyl (C=O) groups is 2. The molecule has 1 aliphatic heterocycles. The standard InChI is InChI=1S/C18H22N6O3/c1-27-17-10(8-20-16(25)13-7-15(19)23-22-13)6-12-14(21-17)9-24(18(12)26)11-4-2-3-5-11/h6-7,11H,2-5,8-9H2,1H3,(H,20,25)(H3,19,22,23). The van der Waals surface area contributed by atoms with E-state index in [2.05, 4.69) is 20.5 Å². The number of hydrogen-bond donors (Lipinski definition) is 3. The quantitative estimate of drug-likeness (QED) is 0.726. The van der Waals surface area contributed by atoms with Crippen molar-refractivity contribution >= 4 is 17.6 Å². The lowest BCUT2D eigenvalue weighted by Crippen LogP contribution is -2.33. The van der Waals surface area contributed by atoms with E-state index in [9.17, 15) is 9.59 Å². The predicted molar refractivity (Wildman–Crippen MR) is 97.1 cm³/mol. The smallest absolute Gasteiger partial charge is 0.269 e. The van der Waals surface area contributed by atoms with Crippen LogP contribution in [0.2, 0.25) is 0 Å². The number of nitrogens with one attached hydrogen (secondary N) is 2. The summed E-state index contributed by atoms with van der Waals surface area (Å²) in [5.41, 5.74) is 7.77. The molecule has 2 amide bonds. The second-order valence-corrected chi connectivity index (χ2v) is 6.91. The molecule has 2 aromatic heterocycles. The van der Waals surface area contributed by atoms with Gasteiger partial charge in [-0.15, -0.1) is 0 Å². The van der Waals surface area contributed by atoms with Crippen molar-refractivity contribution in [3.05, 3.63) is 34.6 Å². The summed E-state index contributed by atoms with van der Waals surface area (Å²) in [5.74, 6) is 0.329. The first-order chi connectivity index (χ1) is 13.1. The van der Waals surface area contributed by atoms with Gasteiger partial charge in [0.05, 0.1) is 24.9 Å². The first kappa shape index (κ1) is 17.3. The lowest BCUT2D eigenvalue weighted by molar-refractivity contribution is 0.0706. The Morgan fingerprint density at radius 2 is 2.19 bits per heavy atom. The summed E-state index contributed by atoms with van der Waals surface area (Å²) < 4.78 is 5.38. The van der Waals surface area contributed by atoms with Crippen molar-refractivity contribution in [1.29, 1.82) is 0 Å². The van der Waals surface area contributed by atoms with E-state index in [-0.39, 0.29) is 29.9 Å². The van der Waals surface area contributed by atoms with E-state index in [4.69, 9.17) is 10.5 Å². The molecule has 0 aromatic carbocycles. The first-order valence-corrected chi connectivity index (χ1v) is 9.03. The van der Waals surface area contributed by atoms with Gasteiger partial charge in [0, 0.05) is 24.2 Å². The molecule has 0 atom stereocenters. The Kier molecular flexibility index (Phi) is 4.43. The average Bonchev–Trinajstić information content (AvgIpc) is 3.40. The third kappa shape index (κ3) is 3.20. The molecule has 0 spiro atoms. The molecule has 4 N–H and O–H groups in total. The van der Waals surface area contributed by atoms with E-state index in [1.807, 2.05) is 4.90 Å². The first-order valence-electron chi connectivity index (χ1n) is 9.03. The molecule has 4 rings (SSSR count). The van der Waals surface area contributed by atoms with E-state index in [0.29, 0.717) is 29.6 Å². The minimum atomic E-state index is -0.347. The number of aromatic nitrogens is 3. The molecule has 0 saturated heterocycles. The minimum Gasteiger partial charge on any atom is -0.481 e. The van der Waals surface area contributed by atoms with Crippen LogP contribution in [0.25, 0.3) is 0 Å². The van der Waals surface area contributed by atoms with E-state index in [0.717, 1.165) is 31.4 Å². The van der Waals surface area contributed by atoms with Gasteiger partial charge < -0.3 is 20.7 Å². The summed E-state index contributed by atoms with van der Waals surface area (Å²) >= 11 is 0. The van der Waals surface area contributed by atoms with Crippen LogP contribution in [0.1, 0.15) is 57.8 Å². The van der Waals surface area contributed by atoms with Gasteiger partial charge in [0.1, 0.15) is 11.5 Å². The van der Waals surface area contributed by atoms with Crippen molar-refractivity contribution in [2.45, 2.75) is 44.8 Å². The van der Waals surface area contributed by atoms with Crippen LogP contribution in [-0.4, -0.2) is 45.0 Å². The van der Waals surface area contributed by atoms with Crippen molar-refractivity contribution in [1.82, 2.24) is 25.4 Å². The van der Waals surface area contributed by atoms with Gasteiger partial charge in [-0.05, 0) is 18.9 Å². The second-order valence-electron chi connectivity index (χ2n) is 6.91. The number of hydrogen-bond acceptors (Lipinski definition) is 6. The number of H-pyrrole nitrogens is 1. The molecule has 1 fully saturated rings. The molecule has 142 valence electrons. The second kappa shape index (κ2) is 6.90. The van der Waals surface area contributed by atoms with Crippen LogP contribution in [0.15, 0.2) is 12.1 Å². The topological polar surface area (TPSA) is 126 Å². The Balaban J connectivity index is 1.52. The molecule has 1 aliphatic carbocycles. The molecule has 9 nitrogen and oxygen atoms in total. The molecule has 9 heteroatoms. The third-order valence-corrected chi connectivity index (χ3v) is 5.19. The molecule has 0 unspecified atom stereocenters. The van der Waals surface area contributed by atoms with Gasteiger partial charge in [-0.1, -0.05) is 12.8 Å². The average molecular weight is 370 g/mol. The molecular weight excluding hydrogens is 348 g/mol. The van der Waals surface area contributed by atoms with Gasteiger partial charge in [0.25, 0.3) is 11.8 Å². The van der Waals surface area contributed by atoms with Crippen LogP contribution in [-0.2, 0) is 13.1 Å². The zero-order valence-corrected chi connectivity index (χ0v) is 15.1. The van der Waals surface area contributed by atoms with Crippen molar-refractivity contribution in [2.75, 3.05) is 12.8 Å². The van der Waals surface area contributed by atoms with Crippen LogP contribution in [0.5, 0.6) is 5.88 Å². The minimum absolute atomic E-state index is 0.0148. The number of carbonyl (C=O) groups excluding carboxylic acids is 2. The number of fused-ring (bicyclic) bond motifs is 1. The highest BCUT2D eigenvalue weighted by molar-refractivity contribution is 5.98. The number of nitrogens with two attached hydrogens (primary N) is 1. The summed E-state index contributed by atoms with van der Waals surface area (Å²) in [4.78, 5) is 31.4. The highest BCUT2D eigenvalue weighted by Gasteiger charge is 2.35. The zero-order valence-electron chi connectivity index (χ0n) is 15.1. The summed E-state index contributed by atoms with van der Waals surface area (Å²) in [7, 11) is 1.53. The van der Waals surface area contributed by atoms with E-state index in [1.165, 1.54) is 13.2 Å². The largest absolute Gasteiger partial charge is 0.481 e. The Labute approximate surface area is 156 Å². The van der Waals surface area contributed by atoms with E-state index in [1.54, 1.807) is 6.07 Å². The molecule has 0 bridgehead atoms. The summed E-state index contributed by atoms with van der Waals surface area (Å²) in [5, 5.41) is 9.06. The van der Waals surface area contributed by atoms with Crippen LogP contribution in [0, 0.1) is 0 Å². The fourth-order valence-electron chi connectivity index (χ4n) is 3.81. The highest BCUT2D eigenvalue weighted by Crippen LogP contribution is 2.33. The van der Waals surface area contributed by atoms with Gasteiger partial charge in [-0.25, -0.2) is 4.98 Å². The van der Waals surface area contributed by atoms with Gasteiger partial charge in [0.15, 0.2) is 0 Å². The van der Waals surface area contributed by atoms with E-state index >= 15 is 0 Å². The van der Waals surface area contributed by atoms with Gasteiger partial charge in [-0.3, -0.25) is 14.7 Å². The molecule has 3 heterocycles. The van der Waals surface area contributed by atoms with Crippen molar-refractivity contribution in [3.63, 3.8) is 0 Å². The van der Waals surface area contributed by atoms with Crippen molar-refractivity contribution in [2.24, 2.45) is 0 Å². The van der Waals surface area contributed by atoms with Crippen LogP contribution < -0.4 is 15.8 Å². The highest BCUT2D eigenvalue weighted by atomic mass is 16.5. The maximum absolute atomic E-state index is 12.8. The predicted octanol–water partition coefficient (Wildman–Crippen LogP) is 1.22. The number of rotatable bonds is 5. The number of aromatic amines is 1. The van der Waals surface area contributed by atoms with Gasteiger partial charge >= 0.3 is 0 Å². The molecule has 2 aliphatic rings.